The maximum Gasteiger partial charge on any atom is 0.450 e. The second kappa shape index (κ2) is 7.89. The van der Waals surface area contributed by atoms with Gasteiger partial charge in [0.25, 0.3) is 0 Å². The molecule has 2 aromatic carbocycles. The molecule has 0 aliphatic carbocycles. The molecule has 0 saturated carbocycles. The van der Waals surface area contributed by atoms with E-state index in [-0.39, 0.29) is 28.9 Å². The number of rotatable bonds is 4. The average molecular weight is 428 g/mol. The summed E-state index contributed by atoms with van der Waals surface area (Å²) in [4.78, 5) is 12.2. The molecular formula is C21H14F6O3. The minimum Gasteiger partial charge on any atom is -0.465 e. The Morgan fingerprint density at radius 2 is 1.50 bits per heavy atom. The lowest BCUT2D eigenvalue weighted by Crippen LogP contribution is -2.12. The topological polar surface area (TPSA) is 39.4 Å². The molecule has 1 heterocycles. The molecule has 3 rings (SSSR count). The van der Waals surface area contributed by atoms with Gasteiger partial charge in [-0.25, -0.2) is 4.79 Å². The van der Waals surface area contributed by atoms with Gasteiger partial charge in [0.2, 0.25) is 5.76 Å². The zero-order chi connectivity index (χ0) is 22.1. The van der Waals surface area contributed by atoms with E-state index in [1.165, 1.54) is 12.1 Å². The lowest BCUT2D eigenvalue weighted by molar-refractivity contribution is -0.154. The van der Waals surface area contributed by atoms with Gasteiger partial charge in [-0.3, -0.25) is 0 Å². The van der Waals surface area contributed by atoms with Gasteiger partial charge in [-0.1, -0.05) is 42.5 Å². The first-order chi connectivity index (χ1) is 14.0. The summed E-state index contributed by atoms with van der Waals surface area (Å²) < 4.78 is 88.5. The lowest BCUT2D eigenvalue weighted by Gasteiger charge is -2.08. The zero-order valence-electron chi connectivity index (χ0n) is 15.4. The highest BCUT2D eigenvalue weighted by Gasteiger charge is 2.43. The molecule has 0 fully saturated rings. The summed E-state index contributed by atoms with van der Waals surface area (Å²) in [5.41, 5.74) is -1.23. The highest BCUT2D eigenvalue weighted by molar-refractivity contribution is 5.99. The SMILES string of the molecule is COC(=O)c1c(C(F)(F)F)oc(Cc2ccc(C(F)(F)F)cc2)c1-c1ccccc1. The first kappa shape index (κ1) is 21.5. The minimum atomic E-state index is -4.98. The number of benzene rings is 2. The van der Waals surface area contributed by atoms with Crippen LogP contribution in [0.1, 0.15) is 33.0 Å². The van der Waals surface area contributed by atoms with Crippen molar-refractivity contribution < 1.29 is 40.3 Å². The van der Waals surface area contributed by atoms with Crippen LogP contribution in [0.15, 0.2) is 59.0 Å². The van der Waals surface area contributed by atoms with E-state index < -0.39 is 35.2 Å². The average Bonchev–Trinajstić information content (AvgIpc) is 3.07. The van der Waals surface area contributed by atoms with E-state index in [9.17, 15) is 31.1 Å². The third-order valence-corrected chi connectivity index (χ3v) is 4.34. The van der Waals surface area contributed by atoms with E-state index >= 15 is 0 Å². The fourth-order valence-electron chi connectivity index (χ4n) is 3.01. The van der Waals surface area contributed by atoms with Crippen LogP contribution in [0, 0.1) is 0 Å². The van der Waals surface area contributed by atoms with Crippen molar-refractivity contribution in [3.8, 4) is 11.1 Å². The Labute approximate surface area is 166 Å². The Morgan fingerprint density at radius 1 is 0.900 bits per heavy atom. The Morgan fingerprint density at radius 3 is 2.00 bits per heavy atom. The van der Waals surface area contributed by atoms with Gasteiger partial charge in [0.15, 0.2) is 0 Å². The van der Waals surface area contributed by atoms with Gasteiger partial charge in [0, 0.05) is 12.0 Å². The van der Waals surface area contributed by atoms with Crippen LogP contribution in [0.4, 0.5) is 26.3 Å². The highest BCUT2D eigenvalue weighted by atomic mass is 19.4. The summed E-state index contributed by atoms with van der Waals surface area (Å²) in [6, 6.07) is 11.7. The molecule has 0 bridgehead atoms. The van der Waals surface area contributed by atoms with Crippen LogP contribution in [-0.2, 0) is 23.5 Å². The number of alkyl halides is 6. The van der Waals surface area contributed by atoms with Crippen LogP contribution in [0.2, 0.25) is 0 Å². The number of ether oxygens (including phenoxy) is 1. The normalized spacial score (nSPS) is 12.1. The van der Waals surface area contributed by atoms with Crippen molar-refractivity contribution in [2.45, 2.75) is 18.8 Å². The van der Waals surface area contributed by atoms with E-state index in [2.05, 4.69) is 4.74 Å². The Hall–Kier alpha value is -3.23. The first-order valence-corrected chi connectivity index (χ1v) is 8.55. The van der Waals surface area contributed by atoms with E-state index in [4.69, 9.17) is 4.42 Å². The zero-order valence-corrected chi connectivity index (χ0v) is 15.4. The van der Waals surface area contributed by atoms with E-state index in [1.807, 2.05) is 0 Å². The number of methoxy groups -OCH3 is 1. The van der Waals surface area contributed by atoms with E-state index in [0.29, 0.717) is 0 Å². The Kier molecular flexibility index (Phi) is 5.65. The molecule has 0 N–H and O–H groups in total. The van der Waals surface area contributed by atoms with Crippen molar-refractivity contribution in [2.75, 3.05) is 7.11 Å². The molecule has 158 valence electrons. The minimum absolute atomic E-state index is 0.116. The second-order valence-electron chi connectivity index (χ2n) is 6.33. The molecule has 3 nitrogen and oxygen atoms in total. The first-order valence-electron chi connectivity index (χ1n) is 8.55. The predicted octanol–water partition coefficient (Wildman–Crippen LogP) is 6.36. The van der Waals surface area contributed by atoms with Crippen LogP contribution >= 0.6 is 0 Å². The largest absolute Gasteiger partial charge is 0.465 e. The van der Waals surface area contributed by atoms with Crippen molar-refractivity contribution in [2.24, 2.45) is 0 Å². The third-order valence-electron chi connectivity index (χ3n) is 4.34. The fourth-order valence-corrected chi connectivity index (χ4v) is 3.01. The summed E-state index contributed by atoms with van der Waals surface area (Å²) in [7, 11) is 0.944. The third kappa shape index (κ3) is 4.34. The molecule has 0 amide bonds. The molecule has 0 unspecified atom stereocenters. The number of hydrogen-bond acceptors (Lipinski definition) is 3. The van der Waals surface area contributed by atoms with E-state index in [0.717, 1.165) is 31.4 Å². The van der Waals surface area contributed by atoms with Crippen LogP contribution in [-0.4, -0.2) is 13.1 Å². The molecule has 0 aliphatic rings. The van der Waals surface area contributed by atoms with Crippen LogP contribution in [0.25, 0.3) is 11.1 Å². The number of carbonyl (C=O) groups excluding carboxylic acids is 1. The summed E-state index contributed by atoms with van der Waals surface area (Å²) in [5, 5.41) is 0. The Bertz CT molecular complexity index is 1030. The van der Waals surface area contributed by atoms with Gasteiger partial charge in [0.05, 0.1) is 12.7 Å². The van der Waals surface area contributed by atoms with Gasteiger partial charge in [-0.05, 0) is 23.3 Å². The van der Waals surface area contributed by atoms with Crippen molar-refractivity contribution in [1.82, 2.24) is 0 Å². The van der Waals surface area contributed by atoms with E-state index in [1.54, 1.807) is 18.2 Å². The van der Waals surface area contributed by atoms with Gasteiger partial charge < -0.3 is 9.15 Å². The smallest absolute Gasteiger partial charge is 0.450 e. The monoisotopic (exact) mass is 428 g/mol. The number of esters is 1. The highest BCUT2D eigenvalue weighted by Crippen LogP contribution is 2.42. The number of carbonyl (C=O) groups is 1. The second-order valence-corrected chi connectivity index (χ2v) is 6.33. The molecule has 0 aliphatic heterocycles. The quantitative estimate of drug-likeness (QED) is 0.359. The van der Waals surface area contributed by atoms with Crippen molar-refractivity contribution in [3.05, 3.63) is 82.8 Å². The predicted molar refractivity (Wildman–Crippen MR) is 94.7 cm³/mol. The maximum absolute atomic E-state index is 13.6. The van der Waals surface area contributed by atoms with Gasteiger partial charge in [-0.15, -0.1) is 0 Å². The molecule has 1 aromatic heterocycles. The summed E-state index contributed by atoms with van der Waals surface area (Å²) >= 11 is 0. The molecule has 3 aromatic rings. The summed E-state index contributed by atoms with van der Waals surface area (Å²) in [6.07, 6.45) is -9.78. The van der Waals surface area contributed by atoms with Crippen molar-refractivity contribution >= 4 is 5.97 Å². The maximum atomic E-state index is 13.6. The fraction of sp³-hybridized carbons (Fsp3) is 0.190. The number of halogens is 6. The van der Waals surface area contributed by atoms with Gasteiger partial charge >= 0.3 is 18.3 Å². The number of furan rings is 1. The Balaban J connectivity index is 2.16. The van der Waals surface area contributed by atoms with Crippen molar-refractivity contribution in [3.63, 3.8) is 0 Å². The molecule has 0 spiro atoms. The summed E-state index contributed by atoms with van der Waals surface area (Å²) in [5.74, 6) is -2.97. The van der Waals surface area contributed by atoms with Crippen LogP contribution in [0.5, 0.6) is 0 Å². The molecular weight excluding hydrogens is 414 g/mol. The van der Waals surface area contributed by atoms with Crippen LogP contribution in [0.3, 0.4) is 0 Å². The van der Waals surface area contributed by atoms with Crippen LogP contribution < -0.4 is 0 Å². The standard InChI is InChI=1S/C21H14F6O3/c1-29-19(28)17-16(13-5-3-2-4-6-13)15(30-18(17)21(25,26)27)11-12-7-9-14(10-8-12)20(22,23)24/h2-10H,11H2,1H3. The molecule has 0 atom stereocenters. The molecule has 9 heteroatoms. The molecule has 0 saturated heterocycles. The number of hydrogen-bond donors (Lipinski definition) is 0. The lowest BCUT2D eigenvalue weighted by atomic mass is 9.96. The summed E-state index contributed by atoms with van der Waals surface area (Å²) in [6.45, 7) is 0. The molecule has 0 radical (unpaired) electrons. The van der Waals surface area contributed by atoms with Crippen molar-refractivity contribution in [1.29, 1.82) is 0 Å². The molecule has 30 heavy (non-hydrogen) atoms. The van der Waals surface area contributed by atoms with Gasteiger partial charge in [-0.2, -0.15) is 26.3 Å². The van der Waals surface area contributed by atoms with Gasteiger partial charge in [0.1, 0.15) is 11.3 Å².